The van der Waals surface area contributed by atoms with E-state index in [1.54, 1.807) is 24.3 Å². The number of hydrogen-bond acceptors (Lipinski definition) is 2. The van der Waals surface area contributed by atoms with Crippen LogP contribution in [0.15, 0.2) is 30.3 Å². The van der Waals surface area contributed by atoms with Crippen molar-refractivity contribution in [1.29, 1.82) is 0 Å². The Morgan fingerprint density at radius 1 is 1.20 bits per heavy atom. The minimum Gasteiger partial charge on any atom is -0.348 e. The molecule has 1 saturated carbocycles. The van der Waals surface area contributed by atoms with Crippen LogP contribution in [0.5, 0.6) is 0 Å². The normalized spacial score (nSPS) is 23.5. The molecule has 0 heterocycles. The Bertz CT molecular complexity index is 470. The molecule has 1 fully saturated rings. The van der Waals surface area contributed by atoms with Gasteiger partial charge in [0.05, 0.1) is 0 Å². The van der Waals surface area contributed by atoms with Crippen LogP contribution < -0.4 is 11.1 Å². The van der Waals surface area contributed by atoms with Crippen molar-refractivity contribution in [2.75, 3.05) is 0 Å². The van der Waals surface area contributed by atoms with E-state index in [1.165, 1.54) is 6.42 Å². The van der Waals surface area contributed by atoms with E-state index in [9.17, 15) is 4.79 Å². The summed E-state index contributed by atoms with van der Waals surface area (Å²) in [4.78, 5) is 11.9. The molecule has 1 aromatic rings. The van der Waals surface area contributed by atoms with Gasteiger partial charge in [-0.3, -0.25) is 4.79 Å². The van der Waals surface area contributed by atoms with E-state index < -0.39 is 0 Å². The number of nitrogens with one attached hydrogen (secondary N) is 1. The van der Waals surface area contributed by atoms with Gasteiger partial charge >= 0.3 is 0 Å². The number of nitrogens with two attached hydrogens (primary N) is 1. The zero-order valence-corrected chi connectivity index (χ0v) is 12.3. The van der Waals surface area contributed by atoms with Crippen LogP contribution in [0, 0.1) is 0 Å². The van der Waals surface area contributed by atoms with Crippen LogP contribution in [0.1, 0.15) is 37.7 Å². The zero-order valence-electron chi connectivity index (χ0n) is 11.5. The summed E-state index contributed by atoms with van der Waals surface area (Å²) in [6.07, 6.45) is 8.82. The van der Waals surface area contributed by atoms with Gasteiger partial charge in [0, 0.05) is 23.2 Å². The first-order chi connectivity index (χ1) is 9.65. The molecule has 20 heavy (non-hydrogen) atoms. The summed E-state index contributed by atoms with van der Waals surface area (Å²) in [7, 11) is 0. The number of hydrogen-bond donors (Lipinski definition) is 2. The third-order valence-corrected chi connectivity index (χ3v) is 3.95. The molecule has 0 radical (unpaired) electrons. The molecule has 1 aliphatic rings. The van der Waals surface area contributed by atoms with Crippen LogP contribution in [-0.2, 0) is 4.79 Å². The van der Waals surface area contributed by atoms with Gasteiger partial charge in [-0.05, 0) is 36.6 Å². The Morgan fingerprint density at radius 2 is 1.90 bits per heavy atom. The summed E-state index contributed by atoms with van der Waals surface area (Å²) in [5.41, 5.74) is 7.05. The average molecular weight is 293 g/mol. The molecule has 0 bridgehead atoms. The standard InChI is InChI=1S/C16H21ClN2O/c17-13-9-6-12(7-10-13)8-11-16(20)19-15-5-3-1-2-4-14(15)18/h6-11,14-15H,1-5,18H2,(H,19,20). The fraction of sp³-hybridized carbons (Fsp3) is 0.438. The largest absolute Gasteiger partial charge is 0.348 e. The first-order valence-electron chi connectivity index (χ1n) is 7.15. The lowest BCUT2D eigenvalue weighted by atomic mass is 10.0. The van der Waals surface area contributed by atoms with Crippen molar-refractivity contribution in [2.45, 2.75) is 44.2 Å². The molecule has 2 unspecified atom stereocenters. The molecule has 2 rings (SSSR count). The van der Waals surface area contributed by atoms with Crippen LogP contribution >= 0.6 is 11.6 Å². The SMILES string of the molecule is NC1CCCCCC1NC(=O)C=Cc1ccc(Cl)cc1. The first kappa shape index (κ1) is 15.1. The fourth-order valence-corrected chi connectivity index (χ4v) is 2.62. The Labute approximate surface area is 125 Å². The van der Waals surface area contributed by atoms with Gasteiger partial charge in [0.2, 0.25) is 5.91 Å². The van der Waals surface area contributed by atoms with Crippen molar-refractivity contribution in [2.24, 2.45) is 5.73 Å². The number of amides is 1. The van der Waals surface area contributed by atoms with Gasteiger partial charge in [-0.15, -0.1) is 0 Å². The van der Waals surface area contributed by atoms with Crippen molar-refractivity contribution < 1.29 is 4.79 Å². The molecule has 1 aromatic carbocycles. The average Bonchev–Trinajstić information content (AvgIpc) is 2.64. The molecule has 2 atom stereocenters. The highest BCUT2D eigenvalue weighted by Gasteiger charge is 2.20. The van der Waals surface area contributed by atoms with Crippen molar-refractivity contribution >= 4 is 23.6 Å². The molecule has 0 aliphatic heterocycles. The van der Waals surface area contributed by atoms with Gasteiger partial charge in [-0.25, -0.2) is 0 Å². The Hall–Kier alpha value is -1.32. The topological polar surface area (TPSA) is 55.1 Å². The van der Waals surface area contributed by atoms with Crippen LogP contribution in [0.4, 0.5) is 0 Å². The predicted octanol–water partition coefficient (Wildman–Crippen LogP) is 3.13. The lowest BCUT2D eigenvalue weighted by Gasteiger charge is -2.21. The van der Waals surface area contributed by atoms with Crippen molar-refractivity contribution in [3.63, 3.8) is 0 Å². The summed E-state index contributed by atoms with van der Waals surface area (Å²) >= 11 is 5.82. The minimum absolute atomic E-state index is 0.0744. The highest BCUT2D eigenvalue weighted by atomic mass is 35.5. The maximum Gasteiger partial charge on any atom is 0.244 e. The monoisotopic (exact) mass is 292 g/mol. The van der Waals surface area contributed by atoms with E-state index in [0.29, 0.717) is 5.02 Å². The molecule has 108 valence electrons. The van der Waals surface area contributed by atoms with E-state index >= 15 is 0 Å². The number of halogens is 1. The maximum atomic E-state index is 11.9. The molecule has 3 nitrogen and oxygen atoms in total. The van der Waals surface area contributed by atoms with Gasteiger partial charge in [-0.2, -0.15) is 0 Å². The van der Waals surface area contributed by atoms with Crippen LogP contribution in [0.2, 0.25) is 5.02 Å². The van der Waals surface area contributed by atoms with Crippen molar-refractivity contribution in [3.8, 4) is 0 Å². The molecule has 0 spiro atoms. The van der Waals surface area contributed by atoms with Crippen LogP contribution in [0.25, 0.3) is 6.08 Å². The molecular weight excluding hydrogens is 272 g/mol. The highest BCUT2D eigenvalue weighted by Crippen LogP contribution is 2.16. The smallest absolute Gasteiger partial charge is 0.244 e. The zero-order chi connectivity index (χ0) is 14.4. The number of rotatable bonds is 3. The Kier molecular flexibility index (Phi) is 5.62. The molecular formula is C16H21ClN2O. The summed E-state index contributed by atoms with van der Waals surface area (Å²) in [5, 5.41) is 3.70. The van der Waals surface area contributed by atoms with Crippen LogP contribution in [-0.4, -0.2) is 18.0 Å². The second-order valence-electron chi connectivity index (χ2n) is 5.30. The lowest BCUT2D eigenvalue weighted by molar-refractivity contribution is -0.117. The third-order valence-electron chi connectivity index (χ3n) is 3.69. The second kappa shape index (κ2) is 7.46. The van der Waals surface area contributed by atoms with Crippen molar-refractivity contribution in [3.05, 3.63) is 40.9 Å². The van der Waals surface area contributed by atoms with Gasteiger partial charge in [0.25, 0.3) is 0 Å². The van der Waals surface area contributed by atoms with E-state index in [-0.39, 0.29) is 18.0 Å². The summed E-state index contributed by atoms with van der Waals surface area (Å²) in [6, 6.07) is 7.54. The van der Waals surface area contributed by atoms with Gasteiger partial charge < -0.3 is 11.1 Å². The molecule has 3 N–H and O–H groups in total. The molecule has 1 amide bonds. The second-order valence-corrected chi connectivity index (χ2v) is 5.74. The number of benzene rings is 1. The van der Waals surface area contributed by atoms with E-state index in [4.69, 9.17) is 17.3 Å². The van der Waals surface area contributed by atoms with Gasteiger partial charge in [0.1, 0.15) is 0 Å². The quantitative estimate of drug-likeness (QED) is 0.664. The first-order valence-corrected chi connectivity index (χ1v) is 7.52. The van der Waals surface area contributed by atoms with Crippen molar-refractivity contribution in [1.82, 2.24) is 5.32 Å². The maximum absolute atomic E-state index is 11.9. The summed E-state index contributed by atoms with van der Waals surface area (Å²) in [5.74, 6) is -0.0812. The Balaban J connectivity index is 1.89. The van der Waals surface area contributed by atoms with E-state index in [1.807, 2.05) is 12.1 Å². The lowest BCUT2D eigenvalue weighted by Crippen LogP contribution is -2.46. The van der Waals surface area contributed by atoms with Crippen LogP contribution in [0.3, 0.4) is 0 Å². The molecule has 0 saturated heterocycles. The summed E-state index contributed by atoms with van der Waals surface area (Å²) < 4.78 is 0. The Morgan fingerprint density at radius 3 is 2.65 bits per heavy atom. The fourth-order valence-electron chi connectivity index (χ4n) is 2.49. The molecule has 1 aliphatic carbocycles. The molecule has 4 heteroatoms. The minimum atomic E-state index is -0.0812. The third kappa shape index (κ3) is 4.66. The van der Waals surface area contributed by atoms with Gasteiger partial charge in [0.15, 0.2) is 0 Å². The predicted molar refractivity (Wildman–Crippen MR) is 83.5 cm³/mol. The number of carbonyl (C=O) groups is 1. The van der Waals surface area contributed by atoms with Gasteiger partial charge in [-0.1, -0.05) is 43.0 Å². The highest BCUT2D eigenvalue weighted by molar-refractivity contribution is 6.30. The molecule has 0 aromatic heterocycles. The van der Waals surface area contributed by atoms with E-state index in [2.05, 4.69) is 5.32 Å². The summed E-state index contributed by atoms with van der Waals surface area (Å²) in [6.45, 7) is 0. The number of carbonyl (C=O) groups excluding carboxylic acids is 1. The van der Waals surface area contributed by atoms with E-state index in [0.717, 1.165) is 31.2 Å².